The molecule has 0 saturated carbocycles. The summed E-state index contributed by atoms with van der Waals surface area (Å²) in [5, 5.41) is 3.48. The maximum Gasteiger partial charge on any atom is 0.0283 e. The van der Waals surface area contributed by atoms with E-state index in [1.165, 1.54) is 29.0 Å². The van der Waals surface area contributed by atoms with Crippen LogP contribution in [-0.4, -0.2) is 6.26 Å². The monoisotopic (exact) mass is 346 g/mol. The van der Waals surface area contributed by atoms with Crippen LogP contribution in [0.5, 0.6) is 0 Å². The van der Waals surface area contributed by atoms with Gasteiger partial charge in [-0.15, -0.1) is 41.3 Å². The lowest BCUT2D eigenvalue weighted by molar-refractivity contribution is 1.64. The van der Waals surface area contributed by atoms with E-state index in [-0.39, 0.29) is 0 Å². The summed E-state index contributed by atoms with van der Waals surface area (Å²) in [6.45, 7) is 3.79. The summed E-state index contributed by atoms with van der Waals surface area (Å²) in [7, 11) is 0. The highest BCUT2D eigenvalue weighted by Gasteiger charge is 2.09. The molecule has 1 aliphatic rings. The van der Waals surface area contributed by atoms with Crippen molar-refractivity contribution in [2.24, 2.45) is 0 Å². The normalized spacial score (nSPS) is 18.8. The molecular formula is C17H14S4-2. The van der Waals surface area contributed by atoms with Crippen LogP contribution in [0.4, 0.5) is 0 Å². The fourth-order valence-corrected chi connectivity index (χ4v) is 5.72. The molecule has 3 rings (SSSR count). The van der Waals surface area contributed by atoms with Crippen molar-refractivity contribution >= 4 is 56.0 Å². The molecule has 0 fully saturated rings. The van der Waals surface area contributed by atoms with Crippen LogP contribution in [-0.2, 0) is 0 Å². The molecule has 4 heteroatoms. The van der Waals surface area contributed by atoms with Gasteiger partial charge in [-0.2, -0.15) is 35.3 Å². The summed E-state index contributed by atoms with van der Waals surface area (Å²) in [4.78, 5) is 3.96. The smallest absolute Gasteiger partial charge is 0.0283 e. The number of rotatable bonds is 3. The van der Waals surface area contributed by atoms with Crippen LogP contribution in [0.2, 0.25) is 0 Å². The molecule has 1 aliphatic heterocycles. The zero-order valence-electron chi connectivity index (χ0n) is 11.5. The van der Waals surface area contributed by atoms with Crippen LogP contribution in [0.25, 0.3) is 9.81 Å². The summed E-state index contributed by atoms with van der Waals surface area (Å²) < 4.78 is 2.64. The molecular weight excluding hydrogens is 332 g/mol. The topological polar surface area (TPSA) is 0 Å². The molecule has 108 valence electrons. The number of thioether (sulfide) groups is 2. The van der Waals surface area contributed by atoms with Crippen molar-refractivity contribution in [2.45, 2.75) is 0 Å². The van der Waals surface area contributed by atoms with Crippen LogP contribution in [0.1, 0.15) is 4.88 Å². The zero-order chi connectivity index (χ0) is 14.7. The van der Waals surface area contributed by atoms with Gasteiger partial charge in [0.05, 0.1) is 0 Å². The Labute approximate surface area is 142 Å². The summed E-state index contributed by atoms with van der Waals surface area (Å²) in [5.74, 6) is 0. The Morgan fingerprint density at radius 1 is 1.33 bits per heavy atom. The average Bonchev–Trinajstić information content (AvgIpc) is 3.24. The summed E-state index contributed by atoms with van der Waals surface area (Å²) in [5.41, 5.74) is 0. The van der Waals surface area contributed by atoms with E-state index in [0.29, 0.717) is 0 Å². The van der Waals surface area contributed by atoms with Crippen molar-refractivity contribution in [1.29, 1.82) is 0 Å². The van der Waals surface area contributed by atoms with Gasteiger partial charge in [0.25, 0.3) is 0 Å². The van der Waals surface area contributed by atoms with Crippen LogP contribution >= 0.6 is 46.2 Å². The predicted octanol–water partition coefficient (Wildman–Crippen LogP) is 4.66. The zero-order valence-corrected chi connectivity index (χ0v) is 14.8. The Morgan fingerprint density at radius 3 is 2.95 bits per heavy atom. The standard InChI is InChI=1S/C17H14S4/c1-3-5-12(18-2)14-7-9-16(20-14)17-10-8-15(21-17)13-6-4-11-19-13/h3-11H,1H2,2H3/q-2. The highest BCUT2D eigenvalue weighted by molar-refractivity contribution is 8.11. The number of allylic oxidation sites excluding steroid dienone is 1. The Morgan fingerprint density at radius 2 is 2.24 bits per heavy atom. The first kappa shape index (κ1) is 15.0. The third kappa shape index (κ3) is 3.29. The van der Waals surface area contributed by atoms with Crippen LogP contribution < -0.4 is 9.06 Å². The van der Waals surface area contributed by atoms with E-state index in [1.807, 2.05) is 29.2 Å². The lowest BCUT2D eigenvalue weighted by atomic mass is 10.3. The SMILES string of the molecule is [CH2-]C=CC(SC)=c1ccc(=C2C=C[C-](c3cccs3)S2)s1. The summed E-state index contributed by atoms with van der Waals surface area (Å²) in [6, 6.07) is 8.71. The highest BCUT2D eigenvalue weighted by Crippen LogP contribution is 2.43. The van der Waals surface area contributed by atoms with E-state index in [2.05, 4.69) is 61.1 Å². The Balaban J connectivity index is 1.95. The van der Waals surface area contributed by atoms with Crippen molar-refractivity contribution in [2.75, 3.05) is 6.26 Å². The van der Waals surface area contributed by atoms with E-state index in [0.717, 1.165) is 0 Å². The molecule has 0 aliphatic carbocycles. The quantitative estimate of drug-likeness (QED) is 0.741. The minimum absolute atomic E-state index is 1.27. The molecule has 0 unspecified atom stereocenters. The predicted molar refractivity (Wildman–Crippen MR) is 102 cm³/mol. The summed E-state index contributed by atoms with van der Waals surface area (Å²) in [6.07, 6.45) is 10.5. The lowest BCUT2D eigenvalue weighted by Crippen LogP contribution is -1.97. The van der Waals surface area contributed by atoms with E-state index in [9.17, 15) is 0 Å². The van der Waals surface area contributed by atoms with Crippen LogP contribution in [0.15, 0.2) is 53.9 Å². The van der Waals surface area contributed by atoms with Gasteiger partial charge >= 0.3 is 0 Å². The maximum atomic E-state index is 3.79. The van der Waals surface area contributed by atoms with Crippen molar-refractivity contribution < 1.29 is 0 Å². The molecule has 0 N–H and O–H groups in total. The molecule has 2 aromatic heterocycles. The van der Waals surface area contributed by atoms with Gasteiger partial charge in [-0.05, 0) is 28.7 Å². The van der Waals surface area contributed by atoms with Crippen molar-refractivity contribution in [1.82, 2.24) is 0 Å². The molecule has 0 radical (unpaired) electrons. The first-order valence-corrected chi connectivity index (χ1v) is 10.2. The minimum Gasteiger partial charge on any atom is -0.245 e. The Bertz CT molecular complexity index is 775. The minimum atomic E-state index is 1.27. The second kappa shape index (κ2) is 6.88. The third-order valence-corrected chi connectivity index (χ3v) is 7.34. The summed E-state index contributed by atoms with van der Waals surface area (Å²) >= 11 is 7.27. The molecule has 0 nitrogen and oxygen atoms in total. The van der Waals surface area contributed by atoms with Gasteiger partial charge in [-0.3, -0.25) is 0 Å². The van der Waals surface area contributed by atoms with Crippen LogP contribution in [0.3, 0.4) is 0 Å². The highest BCUT2D eigenvalue weighted by atomic mass is 32.2. The first-order valence-electron chi connectivity index (χ1n) is 6.43. The van der Waals surface area contributed by atoms with Crippen molar-refractivity contribution in [3.05, 3.63) is 80.1 Å². The number of thiophene rings is 2. The Hall–Kier alpha value is -0.940. The van der Waals surface area contributed by atoms with E-state index in [1.54, 1.807) is 23.1 Å². The number of hydrogen-bond donors (Lipinski definition) is 0. The fourth-order valence-electron chi connectivity index (χ4n) is 1.98. The molecule has 0 aromatic carbocycles. The lowest BCUT2D eigenvalue weighted by Gasteiger charge is -2.11. The molecule has 0 spiro atoms. The van der Waals surface area contributed by atoms with Gasteiger partial charge in [-0.1, -0.05) is 15.0 Å². The molecule has 0 amide bonds. The number of hydrogen-bond acceptors (Lipinski definition) is 4. The van der Waals surface area contributed by atoms with E-state index in [4.69, 9.17) is 0 Å². The molecule has 21 heavy (non-hydrogen) atoms. The first-order chi connectivity index (χ1) is 10.3. The van der Waals surface area contributed by atoms with E-state index >= 15 is 0 Å². The second-order valence-corrected chi connectivity index (χ2v) is 8.24. The van der Waals surface area contributed by atoms with Gasteiger partial charge in [-0.25, -0.2) is 13.0 Å². The second-order valence-electron chi connectivity index (χ2n) is 4.28. The average molecular weight is 347 g/mol. The molecule has 0 atom stereocenters. The van der Waals surface area contributed by atoms with Gasteiger partial charge in [0.2, 0.25) is 0 Å². The van der Waals surface area contributed by atoms with Gasteiger partial charge in [0.1, 0.15) is 0 Å². The van der Waals surface area contributed by atoms with Gasteiger partial charge in [0, 0.05) is 9.06 Å². The van der Waals surface area contributed by atoms with Gasteiger partial charge < -0.3 is 0 Å². The maximum absolute atomic E-state index is 3.79. The fraction of sp³-hybridized carbons (Fsp3) is 0.0588. The Kier molecular flexibility index (Phi) is 4.91. The molecule has 3 heterocycles. The molecule has 0 bridgehead atoms. The van der Waals surface area contributed by atoms with Crippen LogP contribution in [0, 0.1) is 12.2 Å². The van der Waals surface area contributed by atoms with Crippen molar-refractivity contribution in [3.8, 4) is 0 Å². The van der Waals surface area contributed by atoms with E-state index < -0.39 is 0 Å². The third-order valence-electron chi connectivity index (χ3n) is 2.95. The van der Waals surface area contributed by atoms with Gasteiger partial charge in [0.15, 0.2) is 0 Å². The molecule has 2 aromatic rings. The largest absolute Gasteiger partial charge is 0.245 e. The van der Waals surface area contributed by atoms with Crippen molar-refractivity contribution in [3.63, 3.8) is 0 Å². The molecule has 0 saturated heterocycles.